The first-order valence-corrected chi connectivity index (χ1v) is 9.58. The minimum atomic E-state index is -0.220. The number of piperazine rings is 1. The monoisotopic (exact) mass is 371 g/mol. The molecule has 7 heteroatoms. The van der Waals surface area contributed by atoms with Gasteiger partial charge < -0.3 is 19.4 Å². The van der Waals surface area contributed by atoms with E-state index in [0.29, 0.717) is 56.5 Å². The predicted molar refractivity (Wildman–Crippen MR) is 98.3 cm³/mol. The molecule has 3 aliphatic rings. The lowest BCUT2D eigenvalue weighted by atomic mass is 10.1. The zero-order chi connectivity index (χ0) is 19.0. The second-order valence-electron chi connectivity index (χ2n) is 7.52. The Balaban J connectivity index is 1.31. The second kappa shape index (κ2) is 7.21. The van der Waals surface area contributed by atoms with E-state index in [9.17, 15) is 14.4 Å². The van der Waals surface area contributed by atoms with Crippen LogP contribution in [-0.2, 0) is 9.59 Å². The van der Waals surface area contributed by atoms with Crippen LogP contribution in [0.1, 0.15) is 29.6 Å². The van der Waals surface area contributed by atoms with Crippen molar-refractivity contribution in [2.45, 2.75) is 25.3 Å². The van der Waals surface area contributed by atoms with Crippen LogP contribution < -0.4 is 4.74 Å². The van der Waals surface area contributed by atoms with Gasteiger partial charge in [-0.25, -0.2) is 0 Å². The average molecular weight is 371 g/mol. The van der Waals surface area contributed by atoms with E-state index in [2.05, 4.69) is 0 Å². The number of carbonyl (C=O) groups excluding carboxylic acids is 3. The lowest BCUT2D eigenvalue weighted by Crippen LogP contribution is -2.52. The van der Waals surface area contributed by atoms with Gasteiger partial charge in [-0.15, -0.1) is 0 Å². The Labute approximate surface area is 158 Å². The number of hydrogen-bond acceptors (Lipinski definition) is 4. The minimum absolute atomic E-state index is 0.0271. The van der Waals surface area contributed by atoms with Crippen LogP contribution in [0.3, 0.4) is 0 Å². The van der Waals surface area contributed by atoms with Crippen molar-refractivity contribution < 1.29 is 19.1 Å². The normalized spacial score (nSPS) is 22.9. The number of hydrogen-bond donors (Lipinski definition) is 0. The summed E-state index contributed by atoms with van der Waals surface area (Å²) in [4.78, 5) is 43.0. The quantitative estimate of drug-likeness (QED) is 0.792. The van der Waals surface area contributed by atoms with Gasteiger partial charge >= 0.3 is 0 Å². The molecule has 1 aromatic carbocycles. The lowest BCUT2D eigenvalue weighted by Gasteiger charge is -2.36. The van der Waals surface area contributed by atoms with E-state index >= 15 is 0 Å². The van der Waals surface area contributed by atoms with Gasteiger partial charge in [0.2, 0.25) is 11.8 Å². The molecule has 1 atom stereocenters. The molecule has 144 valence electrons. The number of rotatable bonds is 4. The summed E-state index contributed by atoms with van der Waals surface area (Å²) in [7, 11) is 1.59. The maximum absolute atomic E-state index is 12.8. The highest BCUT2D eigenvalue weighted by molar-refractivity contribution is 5.94. The molecule has 0 N–H and O–H groups in total. The highest BCUT2D eigenvalue weighted by atomic mass is 16.5. The van der Waals surface area contributed by atoms with E-state index in [1.807, 2.05) is 9.80 Å². The molecule has 1 aromatic rings. The fourth-order valence-electron chi connectivity index (χ4n) is 3.94. The van der Waals surface area contributed by atoms with Gasteiger partial charge in [-0.3, -0.25) is 14.4 Å². The van der Waals surface area contributed by atoms with Crippen LogP contribution in [0.25, 0.3) is 0 Å². The Morgan fingerprint density at radius 1 is 1.00 bits per heavy atom. The summed E-state index contributed by atoms with van der Waals surface area (Å²) in [6, 6.07) is 7.44. The molecule has 3 fully saturated rings. The van der Waals surface area contributed by atoms with Gasteiger partial charge in [-0.1, -0.05) is 0 Å². The fourth-order valence-corrected chi connectivity index (χ4v) is 3.94. The molecule has 4 rings (SSSR count). The maximum atomic E-state index is 12.8. The zero-order valence-corrected chi connectivity index (χ0v) is 15.6. The van der Waals surface area contributed by atoms with Crippen LogP contribution in [0.5, 0.6) is 5.75 Å². The SMILES string of the molecule is COc1ccc(C(=O)N2CCN(C(=O)[C@H]3CC(=O)N(C4CC4)C3)CC2)cc1. The molecule has 7 nitrogen and oxygen atoms in total. The van der Waals surface area contributed by atoms with Gasteiger partial charge in [0.05, 0.1) is 13.0 Å². The first-order valence-electron chi connectivity index (χ1n) is 9.58. The van der Waals surface area contributed by atoms with Gasteiger partial charge in [-0.05, 0) is 37.1 Å². The molecule has 0 aromatic heterocycles. The number of ether oxygens (including phenoxy) is 1. The Hall–Kier alpha value is -2.57. The van der Waals surface area contributed by atoms with Gasteiger partial charge in [0, 0.05) is 50.7 Å². The van der Waals surface area contributed by atoms with Crippen LogP contribution in [0.2, 0.25) is 0 Å². The van der Waals surface area contributed by atoms with Crippen LogP contribution in [0, 0.1) is 5.92 Å². The number of carbonyl (C=O) groups is 3. The standard InChI is InChI=1S/C20H25N3O4/c1-27-17-6-2-14(3-7-17)19(25)21-8-10-22(11-9-21)20(26)15-12-18(24)23(13-15)16-4-5-16/h2-3,6-7,15-16H,4-5,8-13H2,1H3/t15-/m0/s1. The molecule has 0 bridgehead atoms. The summed E-state index contributed by atoms with van der Waals surface area (Å²) in [5, 5.41) is 0. The Morgan fingerprint density at radius 3 is 2.22 bits per heavy atom. The van der Waals surface area contributed by atoms with Crippen LogP contribution in [0.15, 0.2) is 24.3 Å². The fraction of sp³-hybridized carbons (Fsp3) is 0.550. The van der Waals surface area contributed by atoms with Crippen LogP contribution in [0.4, 0.5) is 0 Å². The van der Waals surface area contributed by atoms with Crippen molar-refractivity contribution in [2.24, 2.45) is 5.92 Å². The molecular weight excluding hydrogens is 346 g/mol. The molecular formula is C20H25N3O4. The highest BCUT2D eigenvalue weighted by Crippen LogP contribution is 2.33. The smallest absolute Gasteiger partial charge is 0.253 e. The van der Waals surface area contributed by atoms with Gasteiger partial charge in [-0.2, -0.15) is 0 Å². The Bertz CT molecular complexity index is 736. The van der Waals surface area contributed by atoms with Gasteiger partial charge in [0.15, 0.2) is 0 Å². The van der Waals surface area contributed by atoms with Gasteiger partial charge in [0.1, 0.15) is 5.75 Å². The summed E-state index contributed by atoms with van der Waals surface area (Å²) in [5.41, 5.74) is 0.622. The van der Waals surface area contributed by atoms with Crippen molar-refractivity contribution in [1.29, 1.82) is 0 Å². The van der Waals surface area contributed by atoms with Gasteiger partial charge in [0.25, 0.3) is 5.91 Å². The molecule has 1 aliphatic carbocycles. The van der Waals surface area contributed by atoms with E-state index in [4.69, 9.17) is 4.74 Å². The molecule has 0 spiro atoms. The van der Waals surface area contributed by atoms with Crippen molar-refractivity contribution in [3.05, 3.63) is 29.8 Å². The van der Waals surface area contributed by atoms with E-state index in [1.165, 1.54) is 0 Å². The van der Waals surface area contributed by atoms with Crippen molar-refractivity contribution >= 4 is 17.7 Å². The minimum Gasteiger partial charge on any atom is -0.497 e. The molecule has 2 saturated heterocycles. The predicted octanol–water partition coefficient (Wildman–Crippen LogP) is 0.991. The van der Waals surface area contributed by atoms with E-state index < -0.39 is 0 Å². The molecule has 1 saturated carbocycles. The number of methoxy groups -OCH3 is 1. The molecule has 2 heterocycles. The third-order valence-corrected chi connectivity index (χ3v) is 5.71. The average Bonchev–Trinajstić information content (AvgIpc) is 3.48. The highest BCUT2D eigenvalue weighted by Gasteiger charge is 2.43. The Kier molecular flexibility index (Phi) is 4.76. The van der Waals surface area contributed by atoms with E-state index in [1.54, 1.807) is 36.3 Å². The van der Waals surface area contributed by atoms with Crippen LogP contribution >= 0.6 is 0 Å². The molecule has 0 unspecified atom stereocenters. The summed E-state index contributed by atoms with van der Waals surface area (Å²) in [6.45, 7) is 2.64. The third-order valence-electron chi connectivity index (χ3n) is 5.71. The summed E-state index contributed by atoms with van der Waals surface area (Å²) in [5.74, 6) is 0.642. The van der Waals surface area contributed by atoms with Crippen molar-refractivity contribution in [2.75, 3.05) is 39.8 Å². The molecule has 0 radical (unpaired) electrons. The van der Waals surface area contributed by atoms with Crippen molar-refractivity contribution in [3.63, 3.8) is 0 Å². The van der Waals surface area contributed by atoms with Crippen LogP contribution in [-0.4, -0.2) is 78.3 Å². The lowest BCUT2D eigenvalue weighted by molar-refractivity contribution is -0.137. The zero-order valence-electron chi connectivity index (χ0n) is 15.6. The Morgan fingerprint density at radius 2 is 1.63 bits per heavy atom. The van der Waals surface area contributed by atoms with Crippen molar-refractivity contribution in [3.8, 4) is 5.75 Å². The van der Waals surface area contributed by atoms with Crippen molar-refractivity contribution in [1.82, 2.24) is 14.7 Å². The number of likely N-dealkylation sites (tertiary alicyclic amines) is 1. The van der Waals surface area contributed by atoms with E-state index in [-0.39, 0.29) is 23.6 Å². The summed E-state index contributed by atoms with van der Waals surface area (Å²) in [6.07, 6.45) is 2.47. The summed E-state index contributed by atoms with van der Waals surface area (Å²) >= 11 is 0. The molecule has 2 aliphatic heterocycles. The maximum Gasteiger partial charge on any atom is 0.253 e. The van der Waals surface area contributed by atoms with E-state index in [0.717, 1.165) is 12.8 Å². The number of benzene rings is 1. The molecule has 3 amide bonds. The third kappa shape index (κ3) is 3.63. The number of amides is 3. The largest absolute Gasteiger partial charge is 0.497 e. The first-order chi connectivity index (χ1) is 13.1. The topological polar surface area (TPSA) is 70.2 Å². The summed E-state index contributed by atoms with van der Waals surface area (Å²) < 4.78 is 5.12. The second-order valence-corrected chi connectivity index (χ2v) is 7.52. The first kappa shape index (κ1) is 17.8. The molecule has 27 heavy (non-hydrogen) atoms. The number of nitrogens with zero attached hydrogens (tertiary/aromatic N) is 3.